The van der Waals surface area contributed by atoms with Crippen LogP contribution in [0.1, 0.15) is 25.0 Å². The van der Waals surface area contributed by atoms with Crippen LogP contribution in [0.5, 0.6) is 0 Å². The highest BCUT2D eigenvalue weighted by molar-refractivity contribution is 6.19. The predicted octanol–water partition coefficient (Wildman–Crippen LogP) is 23.9. The van der Waals surface area contributed by atoms with E-state index in [0.717, 1.165) is 122 Å². The highest BCUT2D eigenvalue weighted by Crippen LogP contribution is 2.52. The van der Waals surface area contributed by atoms with Gasteiger partial charge in [-0.1, -0.05) is 238 Å². The number of rotatable bonds is 8. The van der Waals surface area contributed by atoms with Crippen molar-refractivity contribution in [1.82, 2.24) is 39.0 Å². The van der Waals surface area contributed by atoms with Gasteiger partial charge in [0.2, 0.25) is 0 Å². The summed E-state index contributed by atoms with van der Waals surface area (Å²) in [6, 6.07) is 109. The molecule has 0 fully saturated rings. The van der Waals surface area contributed by atoms with Crippen LogP contribution >= 0.6 is 0 Å². The molecular formula is C93H58N8O3. The quantitative estimate of drug-likeness (QED) is 0.146. The number of hydrogen-bond acceptors (Lipinski definition) is 9. The summed E-state index contributed by atoms with van der Waals surface area (Å²) < 4.78 is 24.4. The van der Waals surface area contributed by atoms with Crippen LogP contribution in [0.2, 0.25) is 0 Å². The summed E-state index contributed by atoms with van der Waals surface area (Å²) in [5, 5.41) is 11.2. The molecule has 488 valence electrons. The van der Waals surface area contributed by atoms with E-state index >= 15 is 0 Å². The van der Waals surface area contributed by atoms with Crippen LogP contribution < -0.4 is 0 Å². The Morgan fingerprint density at radius 2 is 0.615 bits per heavy atom. The first-order valence-electron chi connectivity index (χ1n) is 35.0. The lowest BCUT2D eigenvalue weighted by molar-refractivity contribution is 0.661. The second kappa shape index (κ2) is 23.1. The highest BCUT2D eigenvalue weighted by atomic mass is 16.3. The van der Waals surface area contributed by atoms with Crippen molar-refractivity contribution in [3.63, 3.8) is 0 Å². The largest absolute Gasteiger partial charge is 0.456 e. The van der Waals surface area contributed by atoms with Crippen molar-refractivity contribution in [2.75, 3.05) is 0 Å². The lowest BCUT2D eigenvalue weighted by atomic mass is 9.82. The number of fused-ring (bicyclic) bond motifs is 18. The van der Waals surface area contributed by atoms with E-state index in [1.165, 1.54) is 54.8 Å². The summed E-state index contributed by atoms with van der Waals surface area (Å²) in [6.45, 7) is 4.69. The molecule has 1 aliphatic rings. The molecule has 11 nitrogen and oxygen atoms in total. The first-order valence-corrected chi connectivity index (χ1v) is 35.0. The summed E-state index contributed by atoms with van der Waals surface area (Å²) in [5.41, 5.74) is 22.2. The third-order valence-corrected chi connectivity index (χ3v) is 20.9. The normalized spacial score (nSPS) is 12.6. The zero-order valence-electron chi connectivity index (χ0n) is 56.3. The Labute approximate surface area is 594 Å². The van der Waals surface area contributed by atoms with E-state index < -0.39 is 0 Å². The second-order valence-corrected chi connectivity index (χ2v) is 27.3. The van der Waals surface area contributed by atoms with Gasteiger partial charge in [0.25, 0.3) is 0 Å². The predicted molar refractivity (Wildman–Crippen MR) is 420 cm³/mol. The monoisotopic (exact) mass is 1330 g/mol. The minimum Gasteiger partial charge on any atom is -0.456 e. The highest BCUT2D eigenvalue weighted by Gasteiger charge is 2.36. The number of nitrogens with zero attached hydrogens (tertiary/aromatic N) is 8. The van der Waals surface area contributed by atoms with Crippen LogP contribution in [0.3, 0.4) is 0 Å². The lowest BCUT2D eigenvalue weighted by Crippen LogP contribution is -2.14. The fourth-order valence-corrected chi connectivity index (χ4v) is 16.0. The molecule has 7 heterocycles. The van der Waals surface area contributed by atoms with Crippen molar-refractivity contribution >= 4 is 109 Å². The number of para-hydroxylation sites is 5. The van der Waals surface area contributed by atoms with Crippen molar-refractivity contribution in [3.05, 3.63) is 327 Å². The fraction of sp³-hybridized carbons (Fsp3) is 0.0323. The first kappa shape index (κ1) is 59.0. The standard InChI is InChI=1S/C48H32N4O.C45H26N4O2/c1-48(2)39-22-11-9-18-32(39)36-27-37-33-19-10-12-23-41(33)52(42(37)28-40(36)48)31-24-25-43-38(26-31)34-20-13-21-35(44(34)53-43)47-50-45(29-14-5-3-6-15-29)49-46(51-47)30-16-7-4-8-17-30;1-3-12-27(13-4-1)43-46-44(28-14-5-2-6-15-28)48-45(47-43)33-19-11-18-32-35-24-29(22-23-40(35)51-42(32)33)49-37-20-9-7-16-30(37)34-25-36-31-17-8-10-21-39(31)50-41(36)26-38(34)49/h3-28H,1-2H3;1-26H. The number of benzene rings is 14. The molecule has 1 aliphatic carbocycles. The topological polar surface area (TPSA) is 127 Å². The molecule has 14 aromatic carbocycles. The van der Waals surface area contributed by atoms with Crippen molar-refractivity contribution < 1.29 is 13.3 Å². The summed E-state index contributed by atoms with van der Waals surface area (Å²) in [4.78, 5) is 29.8. The Bertz CT molecular complexity index is 6960. The van der Waals surface area contributed by atoms with E-state index in [-0.39, 0.29) is 5.41 Å². The summed E-state index contributed by atoms with van der Waals surface area (Å²) in [7, 11) is 0. The molecule has 104 heavy (non-hydrogen) atoms. The van der Waals surface area contributed by atoms with E-state index in [9.17, 15) is 0 Å². The third kappa shape index (κ3) is 9.30. The van der Waals surface area contributed by atoms with Gasteiger partial charge in [0, 0.05) is 99.0 Å². The Morgan fingerprint density at radius 1 is 0.231 bits per heavy atom. The van der Waals surface area contributed by atoms with Gasteiger partial charge in [-0.25, -0.2) is 29.9 Å². The van der Waals surface area contributed by atoms with E-state index in [1.54, 1.807) is 0 Å². The molecule has 22 rings (SSSR count). The molecule has 0 radical (unpaired) electrons. The summed E-state index contributed by atoms with van der Waals surface area (Å²) in [6.07, 6.45) is 0. The lowest BCUT2D eigenvalue weighted by Gasteiger charge is -2.21. The van der Waals surface area contributed by atoms with Crippen LogP contribution in [-0.2, 0) is 5.41 Å². The molecule has 0 saturated carbocycles. The molecule has 0 N–H and O–H groups in total. The smallest absolute Gasteiger partial charge is 0.167 e. The Morgan fingerprint density at radius 3 is 1.12 bits per heavy atom. The van der Waals surface area contributed by atoms with Gasteiger partial charge in [0.05, 0.1) is 33.2 Å². The molecule has 0 aliphatic heterocycles. The maximum absolute atomic E-state index is 6.69. The third-order valence-electron chi connectivity index (χ3n) is 20.9. The number of furan rings is 3. The van der Waals surface area contributed by atoms with E-state index in [4.69, 9.17) is 43.2 Å². The first-order chi connectivity index (χ1) is 51.3. The Balaban J connectivity index is 0.000000134. The maximum atomic E-state index is 6.69. The molecule has 0 saturated heterocycles. The van der Waals surface area contributed by atoms with Gasteiger partial charge in [-0.3, -0.25) is 0 Å². The Hall–Kier alpha value is -13.9. The van der Waals surface area contributed by atoms with Gasteiger partial charge in [-0.15, -0.1) is 0 Å². The van der Waals surface area contributed by atoms with Gasteiger partial charge in [-0.2, -0.15) is 0 Å². The van der Waals surface area contributed by atoms with Crippen LogP contribution in [0, 0.1) is 0 Å². The van der Waals surface area contributed by atoms with Gasteiger partial charge >= 0.3 is 0 Å². The van der Waals surface area contributed by atoms with Crippen LogP contribution in [0.15, 0.2) is 329 Å². The minimum atomic E-state index is -0.0989. The van der Waals surface area contributed by atoms with Gasteiger partial charge in [0.15, 0.2) is 34.9 Å². The second-order valence-electron chi connectivity index (χ2n) is 27.3. The van der Waals surface area contributed by atoms with Gasteiger partial charge in [0.1, 0.15) is 33.5 Å². The SMILES string of the molecule is CC1(C)c2ccccc2-c2cc3c4ccccc4n(-c4ccc5oc6c(-c7nc(-c8ccccc8)nc(-c8ccccc8)n7)cccc6c5c4)c3cc21.c1ccc(-c2nc(-c3ccccc3)nc(-c3cccc4c3oc3ccc(-n5c6ccccc6c6cc7c(cc65)oc5ccccc57)cc34)n2)cc1. The van der Waals surface area contributed by atoms with E-state index in [2.05, 4.69) is 187 Å². The molecule has 0 amide bonds. The molecule has 0 spiro atoms. The minimum absolute atomic E-state index is 0.0989. The van der Waals surface area contributed by atoms with E-state index in [1.807, 2.05) is 152 Å². The molecule has 0 bridgehead atoms. The number of aromatic nitrogens is 8. The molecule has 0 unspecified atom stereocenters. The van der Waals surface area contributed by atoms with Gasteiger partial charge in [-0.05, 0) is 107 Å². The molecule has 0 atom stereocenters. The molecule has 11 heteroatoms. The van der Waals surface area contributed by atoms with Crippen molar-refractivity contribution in [3.8, 4) is 90.8 Å². The Kier molecular flexibility index (Phi) is 13.1. The molecular weight excluding hydrogens is 1280 g/mol. The molecule has 7 aromatic heterocycles. The van der Waals surface area contributed by atoms with Crippen LogP contribution in [0.4, 0.5) is 0 Å². The summed E-state index contributed by atoms with van der Waals surface area (Å²) >= 11 is 0. The maximum Gasteiger partial charge on any atom is 0.167 e. The number of hydrogen-bond donors (Lipinski definition) is 0. The van der Waals surface area contributed by atoms with Crippen molar-refractivity contribution in [2.24, 2.45) is 0 Å². The zero-order chi connectivity index (χ0) is 68.7. The summed E-state index contributed by atoms with van der Waals surface area (Å²) in [5.74, 6) is 3.59. The fourth-order valence-electron chi connectivity index (χ4n) is 16.0. The van der Waals surface area contributed by atoms with Crippen LogP contribution in [-0.4, -0.2) is 39.0 Å². The van der Waals surface area contributed by atoms with Crippen molar-refractivity contribution in [1.29, 1.82) is 0 Å². The molecule has 21 aromatic rings. The van der Waals surface area contributed by atoms with Crippen LogP contribution in [0.25, 0.3) is 200 Å². The average Bonchev–Trinajstić information content (AvgIpc) is 1.54. The zero-order valence-corrected chi connectivity index (χ0v) is 56.3. The van der Waals surface area contributed by atoms with Gasteiger partial charge < -0.3 is 22.4 Å². The van der Waals surface area contributed by atoms with Crippen molar-refractivity contribution in [2.45, 2.75) is 19.3 Å². The average molecular weight is 1340 g/mol. The van der Waals surface area contributed by atoms with E-state index in [0.29, 0.717) is 34.9 Å².